The number of unbranched alkanes of at least 4 members (excludes halogenated alkanes) is 1. The number of anilines is 2. The van der Waals surface area contributed by atoms with Crippen molar-refractivity contribution < 1.29 is 23.9 Å². The lowest BCUT2D eigenvalue weighted by molar-refractivity contribution is 0.0991. The number of carbonyl (C=O) groups excluding carboxylic acids is 3. The fraction of sp³-hybridized carbons (Fsp3) is 0.333. The summed E-state index contributed by atoms with van der Waals surface area (Å²) in [6.45, 7) is 5.80. The number of aromatic nitrogens is 6. The summed E-state index contributed by atoms with van der Waals surface area (Å²) in [6.07, 6.45) is 5.30. The molecule has 2 aromatic carbocycles. The predicted octanol–water partition coefficient (Wildman–Crippen LogP) is 2.29. The lowest BCUT2D eigenvalue weighted by Crippen LogP contribution is -2.23. The Bertz CT molecular complexity index is 2080. The summed E-state index contributed by atoms with van der Waals surface area (Å²) in [5, 5.41) is 10.4. The van der Waals surface area contributed by atoms with Crippen LogP contribution in [-0.4, -0.2) is 73.9 Å². The number of hydrogen-bond donors (Lipinski definition) is 6. The largest absolute Gasteiger partial charge is 0.494 e. The van der Waals surface area contributed by atoms with E-state index in [2.05, 4.69) is 26.1 Å². The van der Waals surface area contributed by atoms with Gasteiger partial charge in [0.25, 0.3) is 5.91 Å². The molecule has 3 aromatic heterocycles. The summed E-state index contributed by atoms with van der Waals surface area (Å²) < 4.78 is 17.1. The van der Waals surface area contributed by atoms with Crippen molar-refractivity contribution in [3.05, 3.63) is 65.0 Å². The zero-order valence-electron chi connectivity index (χ0n) is 28.4. The zero-order chi connectivity index (χ0) is 35.9. The Morgan fingerprint density at radius 2 is 1.48 bits per heavy atom. The maximum Gasteiger partial charge on any atom is 0.276 e. The average Bonchev–Trinajstić information content (AvgIpc) is 3.77. The molecule has 0 aliphatic carbocycles. The minimum atomic E-state index is -0.641. The summed E-state index contributed by atoms with van der Waals surface area (Å²) in [5.74, 6) is 5.40. The highest BCUT2D eigenvalue weighted by atomic mass is 16.5. The molecular weight excluding hydrogens is 644 g/mol. The first-order valence-electron chi connectivity index (χ1n) is 16.1. The number of ether oxygens (including phenoxy) is 2. The number of fused-ring (bicyclic) bond motifs is 2. The van der Waals surface area contributed by atoms with Crippen LogP contribution in [0.1, 0.15) is 56.7 Å². The zero-order valence-corrected chi connectivity index (χ0v) is 28.4. The molecule has 0 aliphatic rings. The Labute approximate surface area is 287 Å². The van der Waals surface area contributed by atoms with E-state index in [9.17, 15) is 14.4 Å². The molecule has 50 heavy (non-hydrogen) atoms. The van der Waals surface area contributed by atoms with Crippen LogP contribution in [0.25, 0.3) is 22.1 Å². The monoisotopic (exact) mass is 686 g/mol. The van der Waals surface area contributed by atoms with Gasteiger partial charge in [0, 0.05) is 44.4 Å². The third-order valence-corrected chi connectivity index (χ3v) is 8.00. The van der Waals surface area contributed by atoms with Gasteiger partial charge in [-0.15, -0.1) is 0 Å². The Balaban J connectivity index is 1.54. The molecule has 3 amide bonds. The van der Waals surface area contributed by atoms with Crippen molar-refractivity contribution >= 4 is 51.7 Å². The van der Waals surface area contributed by atoms with E-state index in [-0.39, 0.29) is 23.6 Å². The summed E-state index contributed by atoms with van der Waals surface area (Å²) >= 11 is 0. The molecule has 0 spiro atoms. The maximum atomic E-state index is 13.6. The van der Waals surface area contributed by atoms with Crippen molar-refractivity contribution in [2.75, 3.05) is 37.9 Å². The van der Waals surface area contributed by atoms with Crippen LogP contribution < -0.4 is 42.8 Å². The van der Waals surface area contributed by atoms with Crippen molar-refractivity contribution in [2.24, 2.45) is 17.3 Å². The number of allylic oxidation sites excluding steroid dienone is 2. The van der Waals surface area contributed by atoms with Gasteiger partial charge in [-0.3, -0.25) is 35.7 Å². The predicted molar refractivity (Wildman–Crippen MR) is 189 cm³/mol. The minimum Gasteiger partial charge on any atom is -0.494 e. The molecule has 0 saturated carbocycles. The van der Waals surface area contributed by atoms with Crippen molar-refractivity contribution in [1.82, 2.24) is 34.3 Å². The van der Waals surface area contributed by atoms with Crippen molar-refractivity contribution in [3.63, 3.8) is 0 Å². The first-order valence-corrected chi connectivity index (χ1v) is 16.1. The molecule has 0 aliphatic heterocycles. The van der Waals surface area contributed by atoms with Gasteiger partial charge in [0.05, 0.1) is 30.4 Å². The van der Waals surface area contributed by atoms with Crippen LogP contribution in [0, 0.1) is 6.92 Å². The van der Waals surface area contributed by atoms with Crippen molar-refractivity contribution in [1.29, 1.82) is 0 Å². The quantitative estimate of drug-likeness (QED) is 0.0359. The average molecular weight is 687 g/mol. The molecule has 3 heterocycles. The highest BCUT2D eigenvalue weighted by molar-refractivity contribution is 6.04. The van der Waals surface area contributed by atoms with Gasteiger partial charge >= 0.3 is 0 Å². The number of hydrogen-bond acceptors (Lipinski definition) is 11. The van der Waals surface area contributed by atoms with E-state index in [1.54, 1.807) is 46.6 Å². The first-order chi connectivity index (χ1) is 24.1. The first kappa shape index (κ1) is 35.4. The van der Waals surface area contributed by atoms with Crippen molar-refractivity contribution in [3.8, 4) is 11.5 Å². The van der Waals surface area contributed by atoms with Gasteiger partial charge < -0.3 is 35.4 Å². The van der Waals surface area contributed by atoms with E-state index in [1.807, 2.05) is 30.6 Å². The van der Waals surface area contributed by atoms with E-state index in [0.717, 1.165) is 6.42 Å². The molecule has 0 radical (unpaired) electrons. The number of imidazole rings is 2. The Hall–Kier alpha value is -5.94. The number of nitrogens with two attached hydrogens (primary N) is 3. The number of methoxy groups -OCH3 is 1. The second-order valence-corrected chi connectivity index (χ2v) is 11.4. The van der Waals surface area contributed by atoms with Crippen LogP contribution in [-0.2, 0) is 19.6 Å². The minimum absolute atomic E-state index is 0.217. The van der Waals surface area contributed by atoms with Gasteiger partial charge in [-0.1, -0.05) is 12.2 Å². The normalized spacial score (nSPS) is 11.5. The van der Waals surface area contributed by atoms with Gasteiger partial charge in [-0.25, -0.2) is 9.97 Å². The summed E-state index contributed by atoms with van der Waals surface area (Å²) in [4.78, 5) is 47.1. The van der Waals surface area contributed by atoms with Crippen LogP contribution >= 0.6 is 0 Å². The molecule has 5 aromatic rings. The molecule has 0 unspecified atom stereocenters. The lowest BCUT2D eigenvalue weighted by Gasteiger charge is -2.13. The molecule has 0 atom stereocenters. The summed E-state index contributed by atoms with van der Waals surface area (Å²) in [7, 11) is 3.26. The van der Waals surface area contributed by atoms with Crippen LogP contribution in [0.3, 0.4) is 0 Å². The van der Waals surface area contributed by atoms with E-state index >= 15 is 0 Å². The van der Waals surface area contributed by atoms with Crippen LogP contribution in [0.4, 0.5) is 11.9 Å². The second-order valence-electron chi connectivity index (χ2n) is 11.4. The number of nitrogens with zero attached hydrogens (tertiary/aromatic N) is 6. The Morgan fingerprint density at radius 3 is 2.06 bits per heavy atom. The number of rotatable bonds is 17. The van der Waals surface area contributed by atoms with E-state index < -0.39 is 17.7 Å². The van der Waals surface area contributed by atoms with E-state index in [1.165, 1.54) is 7.11 Å². The summed E-state index contributed by atoms with van der Waals surface area (Å²) in [6, 6.07) is 8.06. The highest BCUT2D eigenvalue weighted by Gasteiger charge is 2.22. The molecule has 17 nitrogen and oxygen atoms in total. The molecule has 0 saturated heterocycles. The Morgan fingerprint density at radius 1 is 0.880 bits per heavy atom. The number of nitrogens with one attached hydrogen (secondary N) is 3. The Kier molecular flexibility index (Phi) is 11.0. The lowest BCUT2D eigenvalue weighted by atomic mass is 10.1. The van der Waals surface area contributed by atoms with Gasteiger partial charge in [-0.05, 0) is 57.0 Å². The molecule has 5 rings (SSSR count). The molecule has 264 valence electrons. The molecular formula is C33H42N12O5. The van der Waals surface area contributed by atoms with Gasteiger partial charge in [0.1, 0.15) is 28.2 Å². The number of hydrazine groups is 1. The molecule has 0 fully saturated rings. The number of carbonyl (C=O) groups is 3. The molecule has 0 bridgehead atoms. The van der Waals surface area contributed by atoms with E-state index in [0.29, 0.717) is 83.6 Å². The van der Waals surface area contributed by atoms with Gasteiger partial charge in [0.15, 0.2) is 0 Å². The summed E-state index contributed by atoms with van der Waals surface area (Å²) in [5.41, 5.74) is 17.6. The van der Waals surface area contributed by atoms with Crippen LogP contribution in [0.15, 0.2) is 42.5 Å². The second kappa shape index (κ2) is 15.5. The number of aryl methyl sites for hydroxylation is 2. The SMILES string of the molecule is CCn1nc(C)cc1C(=O)Nc1nc2cc(C(N)=O)cc(OCCCCNN)c2n1C/C=C/Cn1c(NC)nc2cc(C(N)=O)cc(OC)c21. The fourth-order valence-corrected chi connectivity index (χ4v) is 5.66. The smallest absolute Gasteiger partial charge is 0.276 e. The van der Waals surface area contributed by atoms with E-state index in [4.69, 9.17) is 31.8 Å². The number of primary amides is 2. The molecule has 17 heteroatoms. The highest BCUT2D eigenvalue weighted by Crippen LogP contribution is 2.33. The van der Waals surface area contributed by atoms with Crippen LogP contribution in [0.2, 0.25) is 0 Å². The van der Waals surface area contributed by atoms with Crippen LogP contribution in [0.5, 0.6) is 11.5 Å². The number of benzene rings is 2. The standard InChI is InChI=1S/C33H42N12O5/c1-5-45-24(14-19(2)42-45)31(48)41-33-40-23-16-21(30(35)47)18-26(50-13-9-6-10-38-36)28(23)44(33)12-8-7-11-43-27-22(39-32(43)37-3)15-20(29(34)46)17-25(27)49-4/h7-8,14-18,38H,5-6,9-13,36H2,1-4H3,(H2,34,46)(H2,35,47)(H,37,39)(H,40,41,48)/b8-7+. The third-order valence-electron chi connectivity index (χ3n) is 8.00. The molecule has 9 N–H and O–H groups in total. The number of amides is 3. The van der Waals surface area contributed by atoms with Crippen molar-refractivity contribution in [2.45, 2.75) is 46.3 Å². The van der Waals surface area contributed by atoms with Gasteiger partial charge in [-0.2, -0.15) is 5.10 Å². The van der Waals surface area contributed by atoms with Gasteiger partial charge in [0.2, 0.25) is 23.7 Å². The third kappa shape index (κ3) is 7.37. The fourth-order valence-electron chi connectivity index (χ4n) is 5.66. The topological polar surface area (TPSA) is 237 Å². The maximum absolute atomic E-state index is 13.6.